The average Bonchev–Trinajstić information content (AvgIpc) is 2.87. The maximum Gasteiger partial charge on any atom is 0.244 e. The van der Waals surface area contributed by atoms with Gasteiger partial charge in [0.05, 0.1) is 11.9 Å². The van der Waals surface area contributed by atoms with Crippen LogP contribution in [0.5, 0.6) is 11.5 Å². The fourth-order valence-corrected chi connectivity index (χ4v) is 4.92. The molecule has 0 aliphatic carbocycles. The van der Waals surface area contributed by atoms with Gasteiger partial charge in [0, 0.05) is 23.7 Å². The van der Waals surface area contributed by atoms with Crippen LogP contribution in [0.15, 0.2) is 42.5 Å². The van der Waals surface area contributed by atoms with Crippen LogP contribution in [-0.2, 0) is 26.2 Å². The minimum atomic E-state index is -3.86. The van der Waals surface area contributed by atoms with Crippen LogP contribution in [-0.4, -0.2) is 63.2 Å². The SMILES string of the molecule is CC[C@H](C)NC(=O)[C@H](CC)N(Cc1ccc(Cl)cc1)C(=O)CN(c1ccc2c(c1)OCCO2)S(C)(=O)=O. The molecule has 0 unspecified atom stereocenters. The summed E-state index contributed by atoms with van der Waals surface area (Å²) in [6.07, 6.45) is 2.12. The highest BCUT2D eigenvalue weighted by Crippen LogP contribution is 2.34. The fraction of sp³-hybridized carbons (Fsp3) is 0.462. The van der Waals surface area contributed by atoms with E-state index in [-0.39, 0.29) is 24.2 Å². The third-order valence-electron chi connectivity index (χ3n) is 6.15. The Bertz CT molecular complexity index is 1210. The molecular weight excluding hydrogens is 518 g/mol. The summed E-state index contributed by atoms with van der Waals surface area (Å²) in [7, 11) is -3.86. The lowest BCUT2D eigenvalue weighted by Gasteiger charge is -2.33. The molecule has 11 heteroatoms. The third-order valence-corrected chi connectivity index (χ3v) is 7.54. The molecule has 1 N–H and O–H groups in total. The zero-order valence-corrected chi connectivity index (χ0v) is 23.1. The van der Waals surface area contributed by atoms with E-state index in [1.54, 1.807) is 42.5 Å². The van der Waals surface area contributed by atoms with E-state index in [1.165, 1.54) is 4.90 Å². The molecule has 2 atom stereocenters. The van der Waals surface area contributed by atoms with Crippen molar-refractivity contribution in [3.8, 4) is 11.5 Å². The predicted octanol–water partition coefficient (Wildman–Crippen LogP) is 3.60. The van der Waals surface area contributed by atoms with Crippen LogP contribution in [0.4, 0.5) is 5.69 Å². The summed E-state index contributed by atoms with van der Waals surface area (Å²) in [5.41, 5.74) is 1.03. The van der Waals surface area contributed by atoms with Crippen molar-refractivity contribution in [2.75, 3.05) is 30.3 Å². The van der Waals surface area contributed by atoms with Crippen molar-refractivity contribution in [1.82, 2.24) is 10.2 Å². The molecule has 202 valence electrons. The monoisotopic (exact) mass is 551 g/mol. The highest BCUT2D eigenvalue weighted by Gasteiger charge is 2.32. The van der Waals surface area contributed by atoms with Gasteiger partial charge in [-0.2, -0.15) is 0 Å². The van der Waals surface area contributed by atoms with Crippen LogP contribution in [0.3, 0.4) is 0 Å². The standard InChI is InChI=1S/C26H34ClN3O6S/c1-5-18(3)28-26(32)22(6-2)29(16-19-7-9-20(27)10-8-19)25(31)17-30(37(4,33)34)21-11-12-23-24(15-21)36-14-13-35-23/h7-12,15,18,22H,5-6,13-14,16-17H2,1-4H3,(H,28,32)/t18-,22-/m0/s1. The molecule has 0 saturated carbocycles. The summed E-state index contributed by atoms with van der Waals surface area (Å²) in [4.78, 5) is 28.3. The summed E-state index contributed by atoms with van der Waals surface area (Å²) in [5.74, 6) is 0.111. The van der Waals surface area contributed by atoms with Gasteiger partial charge >= 0.3 is 0 Å². The lowest BCUT2D eigenvalue weighted by atomic mass is 10.1. The second-order valence-corrected chi connectivity index (χ2v) is 11.3. The molecule has 0 radical (unpaired) electrons. The highest BCUT2D eigenvalue weighted by molar-refractivity contribution is 7.92. The molecule has 0 saturated heterocycles. The first-order valence-corrected chi connectivity index (χ1v) is 14.5. The van der Waals surface area contributed by atoms with Crippen molar-refractivity contribution in [3.63, 3.8) is 0 Å². The van der Waals surface area contributed by atoms with E-state index in [4.69, 9.17) is 21.1 Å². The second-order valence-electron chi connectivity index (χ2n) is 8.99. The van der Waals surface area contributed by atoms with Crippen molar-refractivity contribution in [2.45, 2.75) is 52.2 Å². The summed E-state index contributed by atoms with van der Waals surface area (Å²) in [6.45, 7) is 6.03. The van der Waals surface area contributed by atoms with Gasteiger partial charge in [-0.05, 0) is 49.6 Å². The van der Waals surface area contributed by atoms with E-state index in [9.17, 15) is 18.0 Å². The number of hydrogen-bond acceptors (Lipinski definition) is 6. The number of anilines is 1. The summed E-state index contributed by atoms with van der Waals surface area (Å²) < 4.78 is 37.7. The van der Waals surface area contributed by atoms with Crippen LogP contribution in [0.25, 0.3) is 0 Å². The zero-order chi connectivity index (χ0) is 27.2. The number of rotatable bonds is 11. The summed E-state index contributed by atoms with van der Waals surface area (Å²) in [5, 5.41) is 3.49. The van der Waals surface area contributed by atoms with Gasteiger partial charge in [-0.3, -0.25) is 13.9 Å². The number of sulfonamides is 1. The molecule has 2 aromatic rings. The Morgan fingerprint density at radius 3 is 2.27 bits per heavy atom. The Kier molecular flexibility index (Phi) is 9.67. The topological polar surface area (TPSA) is 105 Å². The quantitative estimate of drug-likeness (QED) is 0.457. The minimum absolute atomic E-state index is 0.0701. The molecule has 0 spiro atoms. The maximum atomic E-state index is 13.8. The van der Waals surface area contributed by atoms with Crippen molar-refractivity contribution < 1.29 is 27.5 Å². The van der Waals surface area contributed by atoms with Crippen LogP contribution in [0, 0.1) is 0 Å². The number of benzene rings is 2. The summed E-state index contributed by atoms with van der Waals surface area (Å²) >= 11 is 6.02. The molecule has 0 fully saturated rings. The van der Waals surface area contributed by atoms with Gasteiger partial charge in [0.25, 0.3) is 0 Å². The normalized spacial score (nSPS) is 14.4. The molecule has 37 heavy (non-hydrogen) atoms. The van der Waals surface area contributed by atoms with Crippen LogP contribution < -0.4 is 19.1 Å². The van der Waals surface area contributed by atoms with Gasteiger partial charge in [0.1, 0.15) is 25.8 Å². The first-order valence-electron chi connectivity index (χ1n) is 12.2. The van der Waals surface area contributed by atoms with Gasteiger partial charge < -0.3 is 19.7 Å². The Labute approximate surface area is 223 Å². The Morgan fingerprint density at radius 2 is 1.68 bits per heavy atom. The second kappa shape index (κ2) is 12.5. The Morgan fingerprint density at radius 1 is 1.03 bits per heavy atom. The number of amides is 2. The number of hydrogen-bond donors (Lipinski definition) is 1. The van der Waals surface area contributed by atoms with E-state index in [0.717, 1.165) is 22.5 Å². The molecule has 0 bridgehead atoms. The number of carbonyl (C=O) groups is 2. The molecular formula is C26H34ClN3O6S. The van der Waals surface area contributed by atoms with Crippen LogP contribution in [0.2, 0.25) is 5.02 Å². The van der Waals surface area contributed by atoms with Crippen LogP contribution in [0.1, 0.15) is 39.2 Å². The molecule has 1 aliphatic heterocycles. The van der Waals surface area contributed by atoms with E-state index in [2.05, 4.69) is 5.32 Å². The molecule has 0 aromatic heterocycles. The zero-order valence-electron chi connectivity index (χ0n) is 21.6. The first kappa shape index (κ1) is 28.6. The highest BCUT2D eigenvalue weighted by atomic mass is 35.5. The average molecular weight is 552 g/mol. The van der Waals surface area contributed by atoms with Gasteiger partial charge in [0.2, 0.25) is 21.8 Å². The Hall–Kier alpha value is -2.98. The van der Waals surface area contributed by atoms with E-state index in [1.807, 2.05) is 20.8 Å². The molecule has 1 aliphatic rings. The van der Waals surface area contributed by atoms with Crippen molar-refractivity contribution in [3.05, 3.63) is 53.1 Å². The number of carbonyl (C=O) groups excluding carboxylic acids is 2. The Balaban J connectivity index is 1.94. The minimum Gasteiger partial charge on any atom is -0.486 e. The molecule has 2 amide bonds. The maximum absolute atomic E-state index is 13.8. The summed E-state index contributed by atoms with van der Waals surface area (Å²) in [6, 6.07) is 10.8. The smallest absolute Gasteiger partial charge is 0.244 e. The third kappa shape index (κ3) is 7.52. The van der Waals surface area contributed by atoms with Gasteiger partial charge in [-0.25, -0.2) is 8.42 Å². The van der Waals surface area contributed by atoms with Gasteiger partial charge in [0.15, 0.2) is 11.5 Å². The predicted molar refractivity (Wildman–Crippen MR) is 144 cm³/mol. The van der Waals surface area contributed by atoms with E-state index >= 15 is 0 Å². The molecule has 3 rings (SSSR count). The van der Waals surface area contributed by atoms with E-state index < -0.39 is 28.5 Å². The van der Waals surface area contributed by atoms with Gasteiger partial charge in [-0.15, -0.1) is 0 Å². The number of nitrogens with zero attached hydrogens (tertiary/aromatic N) is 2. The molecule has 9 nitrogen and oxygen atoms in total. The van der Waals surface area contributed by atoms with Crippen molar-refractivity contribution in [2.24, 2.45) is 0 Å². The van der Waals surface area contributed by atoms with Crippen molar-refractivity contribution in [1.29, 1.82) is 0 Å². The molecule has 1 heterocycles. The lowest BCUT2D eigenvalue weighted by molar-refractivity contribution is -0.140. The molecule has 2 aromatic carbocycles. The lowest BCUT2D eigenvalue weighted by Crippen LogP contribution is -2.53. The largest absolute Gasteiger partial charge is 0.486 e. The fourth-order valence-electron chi connectivity index (χ4n) is 3.95. The number of ether oxygens (including phenoxy) is 2. The number of halogens is 1. The number of nitrogens with one attached hydrogen (secondary N) is 1. The van der Waals surface area contributed by atoms with Crippen LogP contribution >= 0.6 is 11.6 Å². The van der Waals surface area contributed by atoms with Crippen molar-refractivity contribution >= 4 is 39.1 Å². The first-order chi connectivity index (χ1) is 17.5. The number of fused-ring (bicyclic) bond motifs is 1. The van der Waals surface area contributed by atoms with Gasteiger partial charge in [-0.1, -0.05) is 37.6 Å². The van der Waals surface area contributed by atoms with E-state index in [0.29, 0.717) is 36.2 Å².